The molecular formula is C10H12BrF2NO3S. The number of benzene rings is 1. The molecule has 0 aliphatic rings. The number of nitrogens with one attached hydrogen (secondary N) is 1. The lowest BCUT2D eigenvalue weighted by atomic mass is 10.3. The van der Waals surface area contributed by atoms with E-state index >= 15 is 0 Å². The first-order valence-electron chi connectivity index (χ1n) is 5.01. The van der Waals surface area contributed by atoms with Crippen molar-refractivity contribution in [1.82, 2.24) is 4.72 Å². The Bertz CT molecular complexity index is 522. The van der Waals surface area contributed by atoms with Crippen LogP contribution in [0.5, 0.6) is 5.75 Å². The Balaban J connectivity index is 3.11. The lowest BCUT2D eigenvalue weighted by molar-refractivity contribution is 0.400. The molecule has 1 aromatic rings. The highest BCUT2D eigenvalue weighted by atomic mass is 79.9. The van der Waals surface area contributed by atoms with Gasteiger partial charge in [-0.15, -0.1) is 0 Å². The van der Waals surface area contributed by atoms with Crippen LogP contribution in [0.15, 0.2) is 21.5 Å². The molecule has 0 atom stereocenters. The van der Waals surface area contributed by atoms with Crippen molar-refractivity contribution < 1.29 is 21.9 Å². The van der Waals surface area contributed by atoms with Crippen LogP contribution in [0, 0.1) is 5.82 Å². The van der Waals surface area contributed by atoms with Gasteiger partial charge in [-0.25, -0.2) is 17.5 Å². The number of halogens is 3. The molecule has 0 spiro atoms. The summed E-state index contributed by atoms with van der Waals surface area (Å²) in [5, 5.41) is 0. The summed E-state index contributed by atoms with van der Waals surface area (Å²) in [5.41, 5.74) is 0. The second-order valence-electron chi connectivity index (χ2n) is 3.36. The van der Waals surface area contributed by atoms with Crippen molar-refractivity contribution in [3.63, 3.8) is 0 Å². The Morgan fingerprint density at radius 1 is 1.44 bits per heavy atom. The van der Waals surface area contributed by atoms with Crippen molar-refractivity contribution in [3.05, 3.63) is 22.4 Å². The first-order chi connectivity index (χ1) is 8.42. The van der Waals surface area contributed by atoms with E-state index in [-0.39, 0.29) is 28.1 Å². The average molecular weight is 344 g/mol. The standard InChI is InChI=1S/C10H12BrF2NO3S/c1-17-9-5-7(11)8(13)6-10(9)18(15,16)14-4-2-3-12/h5-6,14H,2-4H2,1H3. The van der Waals surface area contributed by atoms with Crippen LogP contribution in [-0.4, -0.2) is 28.7 Å². The third-order valence-electron chi connectivity index (χ3n) is 2.10. The molecule has 0 bridgehead atoms. The van der Waals surface area contributed by atoms with Crippen LogP contribution in [0.4, 0.5) is 8.78 Å². The van der Waals surface area contributed by atoms with Gasteiger partial charge in [0.05, 0.1) is 18.3 Å². The molecule has 18 heavy (non-hydrogen) atoms. The number of methoxy groups -OCH3 is 1. The van der Waals surface area contributed by atoms with Crippen molar-refractivity contribution in [2.24, 2.45) is 0 Å². The zero-order valence-electron chi connectivity index (χ0n) is 9.54. The molecule has 0 radical (unpaired) electrons. The van der Waals surface area contributed by atoms with Gasteiger partial charge >= 0.3 is 0 Å². The summed E-state index contributed by atoms with van der Waals surface area (Å²) < 4.78 is 56.1. The average Bonchev–Trinajstić information content (AvgIpc) is 2.32. The Hall–Kier alpha value is -0.730. The van der Waals surface area contributed by atoms with Gasteiger partial charge < -0.3 is 4.74 Å². The van der Waals surface area contributed by atoms with Crippen LogP contribution in [0.2, 0.25) is 0 Å². The summed E-state index contributed by atoms with van der Waals surface area (Å²) in [6.07, 6.45) is 0.0561. The maximum absolute atomic E-state index is 13.4. The number of sulfonamides is 1. The summed E-state index contributed by atoms with van der Waals surface area (Å²) in [7, 11) is -2.64. The molecule has 0 aliphatic heterocycles. The largest absolute Gasteiger partial charge is 0.495 e. The van der Waals surface area contributed by atoms with E-state index in [2.05, 4.69) is 20.7 Å². The molecule has 1 rings (SSSR count). The SMILES string of the molecule is COc1cc(Br)c(F)cc1S(=O)(=O)NCCCF. The van der Waals surface area contributed by atoms with E-state index in [1.807, 2.05) is 0 Å². The fraction of sp³-hybridized carbons (Fsp3) is 0.400. The molecule has 0 aromatic heterocycles. The van der Waals surface area contributed by atoms with E-state index in [0.29, 0.717) is 0 Å². The van der Waals surface area contributed by atoms with E-state index in [9.17, 15) is 17.2 Å². The lowest BCUT2D eigenvalue weighted by Gasteiger charge is -2.11. The topological polar surface area (TPSA) is 55.4 Å². The summed E-state index contributed by atoms with van der Waals surface area (Å²) in [4.78, 5) is -0.315. The number of ether oxygens (including phenoxy) is 1. The molecule has 0 saturated heterocycles. The zero-order valence-corrected chi connectivity index (χ0v) is 11.9. The third-order valence-corrected chi connectivity index (χ3v) is 4.19. The normalized spacial score (nSPS) is 11.6. The summed E-state index contributed by atoms with van der Waals surface area (Å²) >= 11 is 2.93. The quantitative estimate of drug-likeness (QED) is 0.806. The van der Waals surface area contributed by atoms with E-state index in [1.165, 1.54) is 13.2 Å². The molecule has 8 heteroatoms. The monoisotopic (exact) mass is 343 g/mol. The first kappa shape index (κ1) is 15.3. The second-order valence-corrected chi connectivity index (χ2v) is 5.95. The van der Waals surface area contributed by atoms with Gasteiger partial charge in [0.15, 0.2) is 0 Å². The van der Waals surface area contributed by atoms with Crippen LogP contribution in [0.1, 0.15) is 6.42 Å². The fourth-order valence-electron chi connectivity index (χ4n) is 1.23. The highest BCUT2D eigenvalue weighted by Gasteiger charge is 2.21. The fourth-order valence-corrected chi connectivity index (χ4v) is 2.79. The molecule has 0 aliphatic carbocycles. The number of rotatable bonds is 6. The Labute approximate surface area is 113 Å². The summed E-state index contributed by atoms with van der Waals surface area (Å²) in [5.74, 6) is -0.710. The van der Waals surface area contributed by atoms with Crippen molar-refractivity contribution in [1.29, 1.82) is 0 Å². The van der Waals surface area contributed by atoms with Crippen molar-refractivity contribution in [3.8, 4) is 5.75 Å². The van der Waals surface area contributed by atoms with Crippen LogP contribution >= 0.6 is 15.9 Å². The van der Waals surface area contributed by atoms with Crippen molar-refractivity contribution in [2.45, 2.75) is 11.3 Å². The molecule has 4 nitrogen and oxygen atoms in total. The van der Waals surface area contributed by atoms with Gasteiger partial charge in [-0.05, 0) is 34.5 Å². The molecule has 1 aromatic carbocycles. The van der Waals surface area contributed by atoms with Crippen LogP contribution < -0.4 is 9.46 Å². The summed E-state index contributed by atoms with van der Waals surface area (Å²) in [6.45, 7) is -0.686. The van der Waals surface area contributed by atoms with Crippen LogP contribution in [0.3, 0.4) is 0 Å². The van der Waals surface area contributed by atoms with E-state index in [1.54, 1.807) is 0 Å². The van der Waals surface area contributed by atoms with Crippen molar-refractivity contribution >= 4 is 26.0 Å². The van der Waals surface area contributed by atoms with E-state index in [0.717, 1.165) is 6.07 Å². The highest BCUT2D eigenvalue weighted by Crippen LogP contribution is 2.29. The third kappa shape index (κ3) is 3.63. The van der Waals surface area contributed by atoms with Gasteiger partial charge in [-0.3, -0.25) is 4.39 Å². The predicted octanol–water partition coefficient (Wildman–Crippen LogP) is 2.23. The number of hydrogen-bond acceptors (Lipinski definition) is 3. The predicted molar refractivity (Wildman–Crippen MR) is 66.4 cm³/mol. The molecular weight excluding hydrogens is 332 g/mol. The first-order valence-corrected chi connectivity index (χ1v) is 7.28. The Morgan fingerprint density at radius 3 is 2.67 bits per heavy atom. The number of hydrogen-bond donors (Lipinski definition) is 1. The maximum Gasteiger partial charge on any atom is 0.244 e. The van der Waals surface area contributed by atoms with Crippen LogP contribution in [-0.2, 0) is 10.0 Å². The van der Waals surface area contributed by atoms with Gasteiger partial charge in [-0.2, -0.15) is 0 Å². The minimum absolute atomic E-state index is 0.0102. The van der Waals surface area contributed by atoms with Gasteiger partial charge in [0.1, 0.15) is 16.5 Å². The molecule has 0 amide bonds. The summed E-state index contributed by atoms with van der Waals surface area (Å²) in [6, 6.07) is 2.07. The van der Waals surface area contributed by atoms with Gasteiger partial charge in [0.25, 0.3) is 0 Å². The minimum Gasteiger partial charge on any atom is -0.495 e. The van der Waals surface area contributed by atoms with Crippen molar-refractivity contribution in [2.75, 3.05) is 20.3 Å². The second kappa shape index (κ2) is 6.44. The van der Waals surface area contributed by atoms with Gasteiger partial charge in [0, 0.05) is 6.54 Å². The molecule has 0 fully saturated rings. The zero-order chi connectivity index (χ0) is 13.8. The molecule has 0 heterocycles. The Morgan fingerprint density at radius 2 is 2.11 bits per heavy atom. The van der Waals surface area contributed by atoms with E-state index in [4.69, 9.17) is 4.74 Å². The highest BCUT2D eigenvalue weighted by molar-refractivity contribution is 9.10. The minimum atomic E-state index is -3.92. The lowest BCUT2D eigenvalue weighted by Crippen LogP contribution is -2.25. The molecule has 1 N–H and O–H groups in total. The van der Waals surface area contributed by atoms with Gasteiger partial charge in [-0.1, -0.05) is 0 Å². The maximum atomic E-state index is 13.4. The smallest absolute Gasteiger partial charge is 0.244 e. The Kier molecular flexibility index (Phi) is 5.48. The molecule has 0 saturated carbocycles. The molecule has 102 valence electrons. The van der Waals surface area contributed by atoms with Crippen LogP contribution in [0.25, 0.3) is 0 Å². The van der Waals surface area contributed by atoms with E-state index < -0.39 is 22.5 Å². The van der Waals surface area contributed by atoms with Gasteiger partial charge in [0.2, 0.25) is 10.0 Å². The molecule has 0 unspecified atom stereocenters. The number of alkyl halides is 1.